The zero-order valence-corrected chi connectivity index (χ0v) is 24.9. The normalized spacial score (nSPS) is 14.6. The Bertz CT molecular complexity index is 1430. The number of carbonyl (C=O) groups is 2. The molecule has 3 aromatic rings. The Balaban J connectivity index is 1.65. The lowest BCUT2D eigenvalue weighted by molar-refractivity contribution is -0.139. The number of rotatable bonds is 11. The standard InChI is InChI=1S/C31H36ClN3O5S/c1-23(31(37)33-26-12-5-3-6-13-26)34(21-24-10-9-11-25(32)20-24)30(36)22-35(27-14-7-4-8-15-27)41(38,39)29-18-16-28(40-2)17-19-29/h4,7-11,14-20,23,26H,3,5-6,12-13,21-22H2,1-2H3,(H,33,37)/t23-/m0/s1. The van der Waals surface area contributed by atoms with Gasteiger partial charge in [0, 0.05) is 17.6 Å². The van der Waals surface area contributed by atoms with Gasteiger partial charge in [-0.15, -0.1) is 0 Å². The molecule has 0 heterocycles. The molecule has 0 bridgehead atoms. The van der Waals surface area contributed by atoms with Crippen molar-refractivity contribution < 1.29 is 22.7 Å². The molecule has 0 aromatic heterocycles. The Morgan fingerprint density at radius 3 is 2.29 bits per heavy atom. The highest BCUT2D eigenvalue weighted by molar-refractivity contribution is 7.92. The number of para-hydroxylation sites is 1. The number of nitrogens with zero attached hydrogens (tertiary/aromatic N) is 2. The molecule has 10 heteroatoms. The molecule has 0 spiro atoms. The third kappa shape index (κ3) is 7.80. The number of ether oxygens (including phenoxy) is 1. The van der Waals surface area contributed by atoms with Gasteiger partial charge in [-0.25, -0.2) is 8.42 Å². The molecule has 0 saturated heterocycles. The van der Waals surface area contributed by atoms with Gasteiger partial charge in [-0.3, -0.25) is 13.9 Å². The van der Waals surface area contributed by atoms with Gasteiger partial charge in [0.05, 0.1) is 17.7 Å². The van der Waals surface area contributed by atoms with Crippen molar-refractivity contribution in [1.82, 2.24) is 10.2 Å². The van der Waals surface area contributed by atoms with E-state index in [-0.39, 0.29) is 23.4 Å². The molecular weight excluding hydrogens is 562 g/mol. The second kappa shape index (κ2) is 13.9. The number of anilines is 1. The number of sulfonamides is 1. The number of methoxy groups -OCH3 is 1. The van der Waals surface area contributed by atoms with Crippen molar-refractivity contribution in [3.05, 3.63) is 89.4 Å². The summed E-state index contributed by atoms with van der Waals surface area (Å²) in [4.78, 5) is 28.8. The summed E-state index contributed by atoms with van der Waals surface area (Å²) in [6.45, 7) is 1.26. The first-order valence-electron chi connectivity index (χ1n) is 13.7. The smallest absolute Gasteiger partial charge is 0.264 e. The molecule has 0 aliphatic heterocycles. The Labute approximate surface area is 247 Å². The molecule has 0 radical (unpaired) electrons. The van der Waals surface area contributed by atoms with Crippen molar-refractivity contribution in [1.29, 1.82) is 0 Å². The van der Waals surface area contributed by atoms with Crippen LogP contribution in [0.25, 0.3) is 0 Å². The molecule has 2 amide bonds. The second-order valence-corrected chi connectivity index (χ2v) is 12.5. The molecule has 8 nitrogen and oxygen atoms in total. The van der Waals surface area contributed by atoms with Crippen molar-refractivity contribution in [2.75, 3.05) is 18.0 Å². The SMILES string of the molecule is COc1ccc(S(=O)(=O)N(CC(=O)N(Cc2cccc(Cl)c2)[C@@H](C)C(=O)NC2CCCCC2)c2ccccc2)cc1. The molecule has 1 aliphatic rings. The number of hydrogen-bond donors (Lipinski definition) is 1. The maximum atomic E-state index is 14.0. The van der Waals surface area contributed by atoms with Gasteiger partial charge in [-0.2, -0.15) is 0 Å². The minimum atomic E-state index is -4.15. The highest BCUT2D eigenvalue weighted by Crippen LogP contribution is 2.26. The number of nitrogens with one attached hydrogen (secondary N) is 1. The molecule has 3 aromatic carbocycles. The van der Waals surface area contributed by atoms with Crippen molar-refractivity contribution in [3.8, 4) is 5.75 Å². The van der Waals surface area contributed by atoms with Crippen molar-refractivity contribution in [3.63, 3.8) is 0 Å². The van der Waals surface area contributed by atoms with Crippen LogP contribution in [0, 0.1) is 0 Å². The minimum Gasteiger partial charge on any atom is -0.497 e. The van der Waals surface area contributed by atoms with Crippen LogP contribution in [0.15, 0.2) is 83.8 Å². The van der Waals surface area contributed by atoms with Gasteiger partial charge < -0.3 is 15.0 Å². The lowest BCUT2D eigenvalue weighted by Gasteiger charge is -2.33. The first kappa shape index (κ1) is 30.4. The third-order valence-corrected chi connectivity index (χ3v) is 9.35. The summed E-state index contributed by atoms with van der Waals surface area (Å²) in [7, 11) is -2.65. The van der Waals surface area contributed by atoms with Gasteiger partial charge in [0.2, 0.25) is 11.8 Å². The maximum absolute atomic E-state index is 14.0. The van der Waals surface area contributed by atoms with E-state index in [2.05, 4.69) is 5.32 Å². The molecule has 1 N–H and O–H groups in total. The first-order valence-corrected chi connectivity index (χ1v) is 15.6. The molecule has 1 aliphatic carbocycles. The van der Waals surface area contributed by atoms with Gasteiger partial charge in [0.15, 0.2) is 0 Å². The van der Waals surface area contributed by atoms with E-state index in [0.717, 1.165) is 42.0 Å². The van der Waals surface area contributed by atoms with Crippen LogP contribution in [-0.2, 0) is 26.2 Å². The van der Waals surface area contributed by atoms with Gasteiger partial charge in [0.25, 0.3) is 10.0 Å². The van der Waals surface area contributed by atoms with Gasteiger partial charge in [0.1, 0.15) is 18.3 Å². The summed E-state index contributed by atoms with van der Waals surface area (Å²) in [5, 5.41) is 3.60. The Hall–Kier alpha value is -3.56. The van der Waals surface area contributed by atoms with Crippen LogP contribution in [0.5, 0.6) is 5.75 Å². The molecule has 1 atom stereocenters. The van der Waals surface area contributed by atoms with Crippen molar-refractivity contribution in [2.24, 2.45) is 0 Å². The van der Waals surface area contributed by atoms with E-state index in [1.165, 1.54) is 24.1 Å². The maximum Gasteiger partial charge on any atom is 0.264 e. The van der Waals surface area contributed by atoms with E-state index in [0.29, 0.717) is 16.5 Å². The molecular formula is C31H36ClN3O5S. The third-order valence-electron chi connectivity index (χ3n) is 7.33. The van der Waals surface area contributed by atoms with Crippen LogP contribution in [0.4, 0.5) is 5.69 Å². The largest absolute Gasteiger partial charge is 0.497 e. The highest BCUT2D eigenvalue weighted by Gasteiger charge is 2.33. The van der Waals surface area contributed by atoms with Crippen molar-refractivity contribution >= 4 is 39.1 Å². The van der Waals surface area contributed by atoms with Crippen molar-refractivity contribution in [2.45, 2.75) is 62.6 Å². The average molecular weight is 598 g/mol. The predicted octanol–water partition coefficient (Wildman–Crippen LogP) is 5.41. The van der Waals surface area contributed by atoms with Gasteiger partial charge in [-0.1, -0.05) is 61.2 Å². The minimum absolute atomic E-state index is 0.0134. The zero-order chi connectivity index (χ0) is 29.4. The number of amides is 2. The molecule has 218 valence electrons. The number of hydrogen-bond acceptors (Lipinski definition) is 5. The monoisotopic (exact) mass is 597 g/mol. The van der Waals surface area contributed by atoms with E-state index in [1.54, 1.807) is 67.6 Å². The summed E-state index contributed by atoms with van der Waals surface area (Å²) < 4.78 is 34.0. The van der Waals surface area contributed by atoms with Crippen LogP contribution >= 0.6 is 11.6 Å². The lowest BCUT2D eigenvalue weighted by atomic mass is 9.95. The quantitative estimate of drug-likeness (QED) is 0.319. The van der Waals surface area contributed by atoms with Crippen LogP contribution in [0.2, 0.25) is 5.02 Å². The molecule has 1 saturated carbocycles. The summed E-state index contributed by atoms with van der Waals surface area (Å²) >= 11 is 6.21. The fraction of sp³-hybridized carbons (Fsp3) is 0.355. The number of halogens is 1. The zero-order valence-electron chi connectivity index (χ0n) is 23.3. The molecule has 1 fully saturated rings. The van der Waals surface area contributed by atoms with E-state index >= 15 is 0 Å². The topological polar surface area (TPSA) is 96.0 Å². The van der Waals surface area contributed by atoms with Gasteiger partial charge in [-0.05, 0) is 73.9 Å². The Morgan fingerprint density at radius 1 is 0.976 bits per heavy atom. The lowest BCUT2D eigenvalue weighted by Crippen LogP contribution is -2.53. The average Bonchev–Trinajstić information content (AvgIpc) is 2.99. The van der Waals surface area contributed by atoms with E-state index in [1.807, 2.05) is 6.07 Å². The van der Waals surface area contributed by atoms with E-state index in [9.17, 15) is 18.0 Å². The van der Waals surface area contributed by atoms with Crippen LogP contribution in [-0.4, -0.2) is 50.9 Å². The van der Waals surface area contributed by atoms with Crippen LogP contribution in [0.1, 0.15) is 44.6 Å². The molecule has 41 heavy (non-hydrogen) atoms. The van der Waals surface area contributed by atoms with Crippen LogP contribution in [0.3, 0.4) is 0 Å². The summed E-state index contributed by atoms with van der Waals surface area (Å²) in [6.07, 6.45) is 5.07. The molecule has 0 unspecified atom stereocenters. The molecule has 4 rings (SSSR count). The number of carbonyl (C=O) groups excluding carboxylic acids is 2. The van der Waals surface area contributed by atoms with Crippen LogP contribution < -0.4 is 14.4 Å². The second-order valence-electron chi connectivity index (χ2n) is 10.2. The van der Waals surface area contributed by atoms with E-state index < -0.39 is 28.5 Å². The first-order chi connectivity index (χ1) is 19.7. The summed E-state index contributed by atoms with van der Waals surface area (Å²) in [6, 6.07) is 20.7. The highest BCUT2D eigenvalue weighted by atomic mass is 35.5. The summed E-state index contributed by atoms with van der Waals surface area (Å²) in [5.74, 6) is -0.273. The predicted molar refractivity (Wildman–Crippen MR) is 160 cm³/mol. The van der Waals surface area contributed by atoms with E-state index in [4.69, 9.17) is 16.3 Å². The fourth-order valence-electron chi connectivity index (χ4n) is 4.98. The van der Waals surface area contributed by atoms with Gasteiger partial charge >= 0.3 is 0 Å². The Kier molecular flexibility index (Phi) is 10.3. The summed E-state index contributed by atoms with van der Waals surface area (Å²) in [5.41, 5.74) is 1.06. The number of benzene rings is 3. The fourth-order valence-corrected chi connectivity index (χ4v) is 6.61. The Morgan fingerprint density at radius 2 is 1.66 bits per heavy atom.